The standard InChI is InChI=1S/C12H8BrClO4/c1-2-17-11(15)9-10(14)7-5-6(13)3-4-8(7)18-12(9)16/h3-5H,2H2,1H3. The molecule has 0 fully saturated rings. The van der Waals surface area contributed by atoms with Gasteiger partial charge < -0.3 is 9.15 Å². The van der Waals surface area contributed by atoms with E-state index in [9.17, 15) is 9.59 Å². The van der Waals surface area contributed by atoms with Crippen LogP contribution in [0.4, 0.5) is 0 Å². The van der Waals surface area contributed by atoms with E-state index < -0.39 is 11.6 Å². The van der Waals surface area contributed by atoms with Gasteiger partial charge in [-0.05, 0) is 25.1 Å². The van der Waals surface area contributed by atoms with Crippen molar-refractivity contribution in [3.05, 3.63) is 43.7 Å². The van der Waals surface area contributed by atoms with Crippen LogP contribution in [0.2, 0.25) is 5.02 Å². The summed E-state index contributed by atoms with van der Waals surface area (Å²) in [6.07, 6.45) is 0. The molecule has 4 nitrogen and oxygen atoms in total. The molecule has 0 bridgehead atoms. The zero-order chi connectivity index (χ0) is 13.3. The van der Waals surface area contributed by atoms with Crippen LogP contribution in [0.5, 0.6) is 0 Å². The van der Waals surface area contributed by atoms with Crippen molar-refractivity contribution in [2.75, 3.05) is 6.61 Å². The van der Waals surface area contributed by atoms with Gasteiger partial charge in [-0.2, -0.15) is 0 Å². The minimum absolute atomic E-state index is 0.0426. The zero-order valence-corrected chi connectivity index (χ0v) is 11.7. The fraction of sp³-hybridized carbons (Fsp3) is 0.167. The van der Waals surface area contributed by atoms with Gasteiger partial charge in [0.15, 0.2) is 5.56 Å². The summed E-state index contributed by atoms with van der Waals surface area (Å²) in [6, 6.07) is 4.98. The van der Waals surface area contributed by atoms with Crippen LogP contribution in [0.1, 0.15) is 17.3 Å². The predicted molar refractivity (Wildman–Crippen MR) is 71.2 cm³/mol. The first-order chi connectivity index (χ1) is 8.54. The molecule has 6 heteroatoms. The van der Waals surface area contributed by atoms with E-state index in [1.165, 1.54) is 0 Å². The number of esters is 1. The van der Waals surface area contributed by atoms with Gasteiger partial charge in [0.2, 0.25) is 0 Å². The van der Waals surface area contributed by atoms with Crippen molar-refractivity contribution in [2.24, 2.45) is 0 Å². The maximum Gasteiger partial charge on any atom is 0.352 e. The van der Waals surface area contributed by atoms with E-state index in [-0.39, 0.29) is 17.2 Å². The molecule has 2 aromatic rings. The van der Waals surface area contributed by atoms with Gasteiger partial charge in [-0.1, -0.05) is 27.5 Å². The average Bonchev–Trinajstić information content (AvgIpc) is 2.31. The van der Waals surface area contributed by atoms with Gasteiger partial charge >= 0.3 is 11.6 Å². The van der Waals surface area contributed by atoms with Gasteiger partial charge in [-0.15, -0.1) is 0 Å². The summed E-state index contributed by atoms with van der Waals surface area (Å²) in [5.74, 6) is -0.780. The molecule has 1 aromatic heterocycles. The first-order valence-electron chi connectivity index (χ1n) is 5.13. The van der Waals surface area contributed by atoms with E-state index in [4.69, 9.17) is 20.8 Å². The summed E-state index contributed by atoms with van der Waals surface area (Å²) in [7, 11) is 0. The smallest absolute Gasteiger partial charge is 0.352 e. The van der Waals surface area contributed by atoms with Gasteiger partial charge in [0, 0.05) is 9.86 Å². The summed E-state index contributed by atoms with van der Waals surface area (Å²) in [6.45, 7) is 1.80. The summed E-state index contributed by atoms with van der Waals surface area (Å²) < 4.78 is 10.6. The fourth-order valence-corrected chi connectivity index (χ4v) is 2.18. The lowest BCUT2D eigenvalue weighted by Gasteiger charge is -2.05. The lowest BCUT2D eigenvalue weighted by atomic mass is 10.2. The van der Waals surface area contributed by atoms with Gasteiger partial charge in [0.25, 0.3) is 0 Å². The second-order valence-electron chi connectivity index (χ2n) is 3.44. The molecule has 0 saturated heterocycles. The Kier molecular flexibility index (Phi) is 3.73. The third-order valence-corrected chi connectivity index (χ3v) is 3.17. The van der Waals surface area contributed by atoms with Crippen LogP contribution < -0.4 is 5.63 Å². The molecule has 0 radical (unpaired) electrons. The molecule has 0 aliphatic carbocycles. The molecular weight excluding hydrogens is 323 g/mol. The number of rotatable bonds is 2. The fourth-order valence-electron chi connectivity index (χ4n) is 1.51. The number of halogens is 2. The number of fused-ring (bicyclic) bond motifs is 1. The Labute approximate surface area is 116 Å². The zero-order valence-electron chi connectivity index (χ0n) is 9.33. The molecule has 1 heterocycles. The molecule has 94 valence electrons. The molecular formula is C12H8BrClO4. The van der Waals surface area contributed by atoms with Crippen LogP contribution in [0.25, 0.3) is 11.0 Å². The first-order valence-corrected chi connectivity index (χ1v) is 6.30. The Morgan fingerprint density at radius 2 is 2.22 bits per heavy atom. The Bertz CT molecular complexity index is 678. The van der Waals surface area contributed by atoms with E-state index >= 15 is 0 Å². The normalized spacial score (nSPS) is 10.6. The van der Waals surface area contributed by atoms with Crippen molar-refractivity contribution in [1.82, 2.24) is 0 Å². The molecule has 0 aliphatic rings. The quantitative estimate of drug-likeness (QED) is 0.625. The van der Waals surface area contributed by atoms with Gasteiger partial charge in [-0.3, -0.25) is 0 Å². The van der Waals surface area contributed by atoms with Gasteiger partial charge in [0.05, 0.1) is 11.6 Å². The Balaban J connectivity index is 2.75. The van der Waals surface area contributed by atoms with Crippen molar-refractivity contribution in [3.63, 3.8) is 0 Å². The highest BCUT2D eigenvalue weighted by atomic mass is 79.9. The number of carbonyl (C=O) groups is 1. The molecule has 0 aliphatic heterocycles. The lowest BCUT2D eigenvalue weighted by Crippen LogP contribution is -2.17. The molecule has 0 atom stereocenters. The summed E-state index contributed by atoms with van der Waals surface area (Å²) >= 11 is 9.35. The summed E-state index contributed by atoms with van der Waals surface area (Å²) in [4.78, 5) is 23.3. The highest BCUT2D eigenvalue weighted by Crippen LogP contribution is 2.28. The number of hydrogen-bond acceptors (Lipinski definition) is 4. The van der Waals surface area contributed by atoms with Gasteiger partial charge in [0.1, 0.15) is 5.58 Å². The maximum absolute atomic E-state index is 11.7. The SMILES string of the molecule is CCOC(=O)c1c(Cl)c2cc(Br)ccc2oc1=O. The highest BCUT2D eigenvalue weighted by molar-refractivity contribution is 9.10. The monoisotopic (exact) mass is 330 g/mol. The summed E-state index contributed by atoms with van der Waals surface area (Å²) in [5.41, 5.74) is -0.751. The highest BCUT2D eigenvalue weighted by Gasteiger charge is 2.21. The molecule has 0 spiro atoms. The van der Waals surface area contributed by atoms with Crippen LogP contribution >= 0.6 is 27.5 Å². The Hall–Kier alpha value is -1.33. The first kappa shape index (κ1) is 13.1. The van der Waals surface area contributed by atoms with Crippen LogP contribution in [-0.2, 0) is 4.74 Å². The van der Waals surface area contributed by atoms with E-state index in [0.29, 0.717) is 11.0 Å². The van der Waals surface area contributed by atoms with E-state index in [1.54, 1.807) is 25.1 Å². The average molecular weight is 332 g/mol. The number of carbonyl (C=O) groups excluding carboxylic acids is 1. The van der Waals surface area contributed by atoms with Crippen LogP contribution in [0.15, 0.2) is 31.9 Å². The minimum Gasteiger partial charge on any atom is -0.462 e. The summed E-state index contributed by atoms with van der Waals surface area (Å²) in [5, 5.41) is 0.523. The van der Waals surface area contributed by atoms with Gasteiger partial charge in [-0.25, -0.2) is 9.59 Å². The van der Waals surface area contributed by atoms with E-state index in [2.05, 4.69) is 15.9 Å². The van der Waals surface area contributed by atoms with Crippen molar-refractivity contribution in [2.45, 2.75) is 6.92 Å². The van der Waals surface area contributed by atoms with Crippen molar-refractivity contribution in [1.29, 1.82) is 0 Å². The Morgan fingerprint density at radius 1 is 1.50 bits per heavy atom. The molecule has 1 aromatic carbocycles. The van der Waals surface area contributed by atoms with E-state index in [0.717, 1.165) is 4.47 Å². The molecule has 0 unspecified atom stereocenters. The third-order valence-electron chi connectivity index (χ3n) is 2.28. The number of ether oxygens (including phenoxy) is 1. The van der Waals surface area contributed by atoms with Crippen LogP contribution in [-0.4, -0.2) is 12.6 Å². The van der Waals surface area contributed by atoms with Crippen molar-refractivity contribution in [3.8, 4) is 0 Å². The second kappa shape index (κ2) is 5.12. The van der Waals surface area contributed by atoms with Crippen LogP contribution in [0.3, 0.4) is 0 Å². The second-order valence-corrected chi connectivity index (χ2v) is 4.73. The lowest BCUT2D eigenvalue weighted by molar-refractivity contribution is 0.0522. The molecule has 0 amide bonds. The predicted octanol–water partition coefficient (Wildman–Crippen LogP) is 3.39. The molecule has 0 saturated carbocycles. The molecule has 2 rings (SSSR count). The van der Waals surface area contributed by atoms with Crippen LogP contribution in [0, 0.1) is 0 Å². The maximum atomic E-state index is 11.7. The van der Waals surface area contributed by atoms with E-state index in [1.807, 2.05) is 0 Å². The number of hydrogen-bond donors (Lipinski definition) is 0. The topological polar surface area (TPSA) is 56.5 Å². The van der Waals surface area contributed by atoms with Crippen molar-refractivity contribution < 1.29 is 13.9 Å². The van der Waals surface area contributed by atoms with Crippen molar-refractivity contribution >= 4 is 44.5 Å². The number of benzene rings is 1. The molecule has 0 N–H and O–H groups in total. The third kappa shape index (κ3) is 2.28. The largest absolute Gasteiger partial charge is 0.462 e. The minimum atomic E-state index is -0.798. The Morgan fingerprint density at radius 3 is 2.89 bits per heavy atom. The molecule has 18 heavy (non-hydrogen) atoms.